The summed E-state index contributed by atoms with van der Waals surface area (Å²) in [4.78, 5) is 0.240. The number of nitrogens with zero attached hydrogens (tertiary/aromatic N) is 1. The van der Waals surface area contributed by atoms with Crippen LogP contribution in [0.5, 0.6) is 0 Å². The van der Waals surface area contributed by atoms with E-state index in [1.54, 1.807) is 49.5 Å². The van der Waals surface area contributed by atoms with E-state index in [0.717, 1.165) is 28.3 Å². The molecule has 0 saturated carbocycles. The van der Waals surface area contributed by atoms with Crippen LogP contribution in [-0.4, -0.2) is 27.1 Å². The molecule has 0 aliphatic rings. The molecule has 4 aromatic rings. The standard InChI is InChI=1S/C24H24N2O4S2/c1-18(25-31(2,27)28)20-14-12-19(13-15-20)16-21-17-26(24-11-7-6-10-23(21)24)32(29,30)22-8-4-3-5-9-22/h3-15,17-18,25H,16H2,1-2H3/t18-/m0/s1. The molecule has 0 spiro atoms. The summed E-state index contributed by atoms with van der Waals surface area (Å²) in [5, 5.41) is 0.878. The number of para-hydroxylation sites is 1. The first kappa shape index (κ1) is 22.3. The minimum Gasteiger partial charge on any atom is -0.241 e. The third kappa shape index (κ3) is 4.62. The fraction of sp³-hybridized carbons (Fsp3) is 0.167. The van der Waals surface area contributed by atoms with Gasteiger partial charge in [-0.3, -0.25) is 0 Å². The summed E-state index contributed by atoms with van der Waals surface area (Å²) < 4.78 is 53.4. The Hall–Kier alpha value is -2.94. The quantitative estimate of drug-likeness (QED) is 0.443. The van der Waals surface area contributed by atoms with Crippen LogP contribution >= 0.6 is 0 Å². The van der Waals surface area contributed by atoms with Gasteiger partial charge in [0, 0.05) is 17.6 Å². The number of benzene rings is 3. The second kappa shape index (κ2) is 8.54. The van der Waals surface area contributed by atoms with Gasteiger partial charge in [-0.15, -0.1) is 0 Å². The Bertz CT molecular complexity index is 1460. The Labute approximate surface area is 188 Å². The predicted molar refractivity (Wildman–Crippen MR) is 127 cm³/mol. The Morgan fingerprint density at radius 2 is 1.47 bits per heavy atom. The maximum atomic E-state index is 13.3. The van der Waals surface area contributed by atoms with Crippen LogP contribution in [0.15, 0.2) is 90.0 Å². The lowest BCUT2D eigenvalue weighted by molar-refractivity contribution is 0.573. The summed E-state index contributed by atoms with van der Waals surface area (Å²) in [6, 6.07) is 23.2. The van der Waals surface area contributed by atoms with Crippen molar-refractivity contribution in [2.24, 2.45) is 0 Å². The van der Waals surface area contributed by atoms with Gasteiger partial charge in [0.2, 0.25) is 10.0 Å². The Kier molecular flexibility index (Phi) is 5.94. The number of nitrogens with one attached hydrogen (secondary N) is 1. The molecular formula is C24H24N2O4S2. The van der Waals surface area contributed by atoms with Crippen LogP contribution < -0.4 is 4.72 Å². The Morgan fingerprint density at radius 3 is 2.12 bits per heavy atom. The van der Waals surface area contributed by atoms with Crippen molar-refractivity contribution in [3.63, 3.8) is 0 Å². The molecule has 1 aromatic heterocycles. The first-order valence-corrected chi connectivity index (χ1v) is 13.4. The molecule has 1 atom stereocenters. The van der Waals surface area contributed by atoms with Crippen LogP contribution in [0.25, 0.3) is 10.9 Å². The van der Waals surface area contributed by atoms with Crippen molar-refractivity contribution in [2.75, 3.05) is 6.26 Å². The lowest BCUT2D eigenvalue weighted by Crippen LogP contribution is -2.25. The molecule has 1 N–H and O–H groups in total. The molecule has 0 aliphatic heterocycles. The van der Waals surface area contributed by atoms with Gasteiger partial charge in [-0.1, -0.05) is 60.7 Å². The molecule has 1 heterocycles. The highest BCUT2D eigenvalue weighted by atomic mass is 32.2. The van der Waals surface area contributed by atoms with Crippen molar-refractivity contribution in [3.8, 4) is 0 Å². The van der Waals surface area contributed by atoms with E-state index in [-0.39, 0.29) is 10.9 Å². The van der Waals surface area contributed by atoms with E-state index in [0.29, 0.717) is 11.9 Å². The van der Waals surface area contributed by atoms with Gasteiger partial charge < -0.3 is 0 Å². The molecule has 0 fully saturated rings. The number of aromatic nitrogens is 1. The fourth-order valence-corrected chi connectivity index (χ4v) is 5.99. The molecule has 166 valence electrons. The minimum absolute atomic E-state index is 0.240. The number of hydrogen-bond acceptors (Lipinski definition) is 4. The van der Waals surface area contributed by atoms with Gasteiger partial charge in [-0.25, -0.2) is 25.5 Å². The van der Waals surface area contributed by atoms with Crippen LogP contribution in [0.1, 0.15) is 29.7 Å². The largest absolute Gasteiger partial charge is 0.268 e. The third-order valence-corrected chi connectivity index (χ3v) is 7.80. The van der Waals surface area contributed by atoms with Gasteiger partial charge in [0.25, 0.3) is 10.0 Å². The van der Waals surface area contributed by atoms with E-state index >= 15 is 0 Å². The van der Waals surface area contributed by atoms with Gasteiger partial charge in [-0.2, -0.15) is 0 Å². The maximum absolute atomic E-state index is 13.3. The molecular weight excluding hydrogens is 444 g/mol. The van der Waals surface area contributed by atoms with Crippen molar-refractivity contribution in [1.29, 1.82) is 0 Å². The summed E-state index contributed by atoms with van der Waals surface area (Å²) >= 11 is 0. The predicted octanol–water partition coefficient (Wildman–Crippen LogP) is 4.08. The van der Waals surface area contributed by atoms with E-state index in [9.17, 15) is 16.8 Å². The topological polar surface area (TPSA) is 85.2 Å². The van der Waals surface area contributed by atoms with E-state index in [1.165, 1.54) is 3.97 Å². The van der Waals surface area contributed by atoms with Crippen LogP contribution in [0.4, 0.5) is 0 Å². The zero-order valence-electron chi connectivity index (χ0n) is 17.8. The second-order valence-electron chi connectivity index (χ2n) is 7.82. The van der Waals surface area contributed by atoms with Gasteiger partial charge in [0.15, 0.2) is 0 Å². The van der Waals surface area contributed by atoms with Crippen LogP contribution in [0.2, 0.25) is 0 Å². The highest BCUT2D eigenvalue weighted by Gasteiger charge is 2.21. The first-order chi connectivity index (χ1) is 15.1. The highest BCUT2D eigenvalue weighted by molar-refractivity contribution is 7.90. The van der Waals surface area contributed by atoms with Gasteiger partial charge in [0.05, 0.1) is 16.7 Å². The summed E-state index contributed by atoms with van der Waals surface area (Å²) in [6.45, 7) is 1.79. The Morgan fingerprint density at radius 1 is 0.844 bits per heavy atom. The van der Waals surface area contributed by atoms with E-state index in [4.69, 9.17) is 0 Å². The average molecular weight is 469 g/mol. The summed E-state index contributed by atoms with van der Waals surface area (Å²) in [7, 11) is -7.02. The van der Waals surface area contributed by atoms with Gasteiger partial charge >= 0.3 is 0 Å². The van der Waals surface area contributed by atoms with E-state index < -0.39 is 20.0 Å². The number of fused-ring (bicyclic) bond motifs is 1. The van der Waals surface area contributed by atoms with E-state index in [2.05, 4.69) is 4.72 Å². The Balaban J connectivity index is 1.68. The number of rotatable bonds is 7. The minimum atomic E-state index is -3.72. The van der Waals surface area contributed by atoms with Crippen molar-refractivity contribution >= 4 is 30.9 Å². The molecule has 0 unspecified atom stereocenters. The molecule has 6 nitrogen and oxygen atoms in total. The molecule has 8 heteroatoms. The molecule has 0 amide bonds. The van der Waals surface area contributed by atoms with Crippen LogP contribution in [0, 0.1) is 0 Å². The lowest BCUT2D eigenvalue weighted by Gasteiger charge is -2.13. The molecule has 0 radical (unpaired) electrons. The zero-order valence-corrected chi connectivity index (χ0v) is 19.4. The van der Waals surface area contributed by atoms with Crippen LogP contribution in [0.3, 0.4) is 0 Å². The highest BCUT2D eigenvalue weighted by Crippen LogP contribution is 2.28. The maximum Gasteiger partial charge on any atom is 0.268 e. The number of hydrogen-bond donors (Lipinski definition) is 1. The second-order valence-corrected chi connectivity index (χ2v) is 11.4. The van der Waals surface area contributed by atoms with Crippen molar-refractivity contribution in [3.05, 3.63) is 102 Å². The third-order valence-electron chi connectivity index (χ3n) is 5.33. The fourth-order valence-electron chi connectivity index (χ4n) is 3.80. The first-order valence-electron chi connectivity index (χ1n) is 10.1. The zero-order chi connectivity index (χ0) is 22.9. The summed E-state index contributed by atoms with van der Waals surface area (Å²) in [6.07, 6.45) is 3.37. The van der Waals surface area contributed by atoms with Gasteiger partial charge in [-0.05, 0) is 48.2 Å². The SMILES string of the molecule is C[C@H](NS(C)(=O)=O)c1ccc(Cc2cn(S(=O)(=O)c3ccccc3)c3ccccc23)cc1. The molecule has 0 aliphatic carbocycles. The molecule has 0 bridgehead atoms. The van der Waals surface area contributed by atoms with Crippen LogP contribution in [-0.2, 0) is 26.5 Å². The smallest absolute Gasteiger partial charge is 0.241 e. The molecule has 0 saturated heterocycles. The normalized spacial score (nSPS) is 13.3. The molecule has 32 heavy (non-hydrogen) atoms. The number of sulfonamides is 1. The molecule has 3 aromatic carbocycles. The van der Waals surface area contributed by atoms with E-state index in [1.807, 2.05) is 42.5 Å². The lowest BCUT2D eigenvalue weighted by atomic mass is 10.0. The van der Waals surface area contributed by atoms with Crippen molar-refractivity contribution < 1.29 is 16.8 Å². The van der Waals surface area contributed by atoms with Crippen molar-refractivity contribution in [1.82, 2.24) is 8.69 Å². The average Bonchev–Trinajstić information content (AvgIpc) is 3.13. The van der Waals surface area contributed by atoms with Crippen molar-refractivity contribution in [2.45, 2.75) is 24.3 Å². The van der Waals surface area contributed by atoms with Gasteiger partial charge in [0.1, 0.15) is 0 Å². The summed E-state index contributed by atoms with van der Waals surface area (Å²) in [5.74, 6) is 0. The molecule has 4 rings (SSSR count). The summed E-state index contributed by atoms with van der Waals surface area (Å²) in [5.41, 5.74) is 3.39. The monoisotopic (exact) mass is 468 g/mol.